The Balaban J connectivity index is 3.27. The summed E-state index contributed by atoms with van der Waals surface area (Å²) in [6, 6.07) is 5.72. The Kier molecular flexibility index (Phi) is 4.98. The van der Waals surface area contributed by atoms with Gasteiger partial charge in [-0.25, -0.2) is 0 Å². The first-order valence-corrected chi connectivity index (χ1v) is 6.72. The maximum absolute atomic E-state index is 11.4. The quantitative estimate of drug-likeness (QED) is 0.875. The van der Waals surface area contributed by atoms with Crippen molar-refractivity contribution in [1.29, 1.82) is 0 Å². The molecule has 1 aromatic rings. The van der Waals surface area contributed by atoms with Crippen molar-refractivity contribution in [3.8, 4) is 5.75 Å². The maximum atomic E-state index is 11.4. The van der Waals surface area contributed by atoms with Crippen molar-refractivity contribution < 1.29 is 14.6 Å². The van der Waals surface area contributed by atoms with E-state index in [4.69, 9.17) is 4.74 Å². The Labute approximate surface area is 115 Å². The Bertz CT molecular complexity index is 444. The number of benzene rings is 1. The van der Waals surface area contributed by atoms with Crippen molar-refractivity contribution >= 4 is 5.97 Å². The van der Waals surface area contributed by atoms with Gasteiger partial charge in [0.15, 0.2) is 0 Å². The number of carboxylic acids is 1. The first kappa shape index (κ1) is 15.5. The van der Waals surface area contributed by atoms with Crippen molar-refractivity contribution in [1.82, 2.24) is 0 Å². The highest BCUT2D eigenvalue weighted by Gasteiger charge is 2.24. The van der Waals surface area contributed by atoms with Crippen LogP contribution in [0.4, 0.5) is 0 Å². The molecule has 3 heteroatoms. The maximum Gasteiger partial charge on any atom is 0.310 e. The van der Waals surface area contributed by atoms with Crippen LogP contribution in [-0.2, 0) is 10.2 Å². The van der Waals surface area contributed by atoms with E-state index in [2.05, 4.69) is 20.8 Å². The van der Waals surface area contributed by atoms with E-state index in [1.807, 2.05) is 25.1 Å². The number of carbonyl (C=O) groups is 1. The predicted molar refractivity (Wildman–Crippen MR) is 77.0 cm³/mol. The van der Waals surface area contributed by atoms with Gasteiger partial charge in [0.1, 0.15) is 5.75 Å². The average molecular weight is 264 g/mol. The third-order valence-electron chi connectivity index (χ3n) is 3.31. The lowest BCUT2D eigenvalue weighted by Crippen LogP contribution is -2.16. The number of rotatable bonds is 5. The van der Waals surface area contributed by atoms with Crippen LogP contribution in [0.3, 0.4) is 0 Å². The summed E-state index contributed by atoms with van der Waals surface area (Å²) in [5, 5.41) is 9.35. The van der Waals surface area contributed by atoms with Crippen molar-refractivity contribution in [2.75, 3.05) is 7.11 Å². The molecule has 3 nitrogen and oxygen atoms in total. The second kappa shape index (κ2) is 6.09. The molecule has 0 bridgehead atoms. The molecule has 0 radical (unpaired) electrons. The summed E-state index contributed by atoms with van der Waals surface area (Å²) >= 11 is 0. The lowest BCUT2D eigenvalue weighted by Gasteiger charge is -2.24. The summed E-state index contributed by atoms with van der Waals surface area (Å²) in [6.07, 6.45) is 1.51. The molecule has 0 fully saturated rings. The molecule has 0 saturated carbocycles. The second-order valence-corrected chi connectivity index (χ2v) is 5.89. The van der Waals surface area contributed by atoms with Crippen LogP contribution < -0.4 is 4.74 Å². The van der Waals surface area contributed by atoms with Gasteiger partial charge in [-0.1, -0.05) is 46.2 Å². The largest absolute Gasteiger partial charge is 0.496 e. The zero-order valence-electron chi connectivity index (χ0n) is 12.5. The smallest absolute Gasteiger partial charge is 0.310 e. The van der Waals surface area contributed by atoms with Gasteiger partial charge in [-0.3, -0.25) is 4.79 Å². The molecule has 0 aliphatic rings. The SMILES string of the molecule is CCCC(C(=O)O)c1ccc(OC)c(C(C)(C)C)c1. The van der Waals surface area contributed by atoms with Gasteiger partial charge in [0.25, 0.3) is 0 Å². The van der Waals surface area contributed by atoms with E-state index < -0.39 is 11.9 Å². The molecule has 19 heavy (non-hydrogen) atoms. The van der Waals surface area contributed by atoms with Gasteiger partial charge in [0, 0.05) is 0 Å². The highest BCUT2D eigenvalue weighted by Crippen LogP contribution is 2.34. The van der Waals surface area contributed by atoms with Crippen molar-refractivity contribution in [3.05, 3.63) is 29.3 Å². The number of aliphatic carboxylic acids is 1. The summed E-state index contributed by atoms with van der Waals surface area (Å²) in [7, 11) is 1.64. The molecule has 0 saturated heterocycles. The Morgan fingerprint density at radius 2 is 2.00 bits per heavy atom. The molecule has 1 N–H and O–H groups in total. The van der Waals surface area contributed by atoms with Gasteiger partial charge in [0.05, 0.1) is 13.0 Å². The molecular formula is C16H24O3. The van der Waals surface area contributed by atoms with Crippen LogP contribution in [0.5, 0.6) is 5.75 Å². The van der Waals surface area contributed by atoms with Gasteiger partial charge in [0.2, 0.25) is 0 Å². The Hall–Kier alpha value is -1.51. The van der Waals surface area contributed by atoms with E-state index in [0.717, 1.165) is 23.3 Å². The zero-order chi connectivity index (χ0) is 14.6. The highest BCUT2D eigenvalue weighted by molar-refractivity contribution is 5.76. The van der Waals surface area contributed by atoms with Gasteiger partial charge in [-0.05, 0) is 29.0 Å². The molecule has 0 amide bonds. The molecule has 1 rings (SSSR count). The monoisotopic (exact) mass is 264 g/mol. The highest BCUT2D eigenvalue weighted by atomic mass is 16.5. The minimum atomic E-state index is -0.758. The van der Waals surface area contributed by atoms with Gasteiger partial charge in [-0.2, -0.15) is 0 Å². The van der Waals surface area contributed by atoms with E-state index in [-0.39, 0.29) is 5.41 Å². The third kappa shape index (κ3) is 3.72. The zero-order valence-corrected chi connectivity index (χ0v) is 12.5. The van der Waals surface area contributed by atoms with E-state index in [0.29, 0.717) is 6.42 Å². The molecule has 0 spiro atoms. The number of ether oxygens (including phenoxy) is 1. The first-order chi connectivity index (χ1) is 8.81. The second-order valence-electron chi connectivity index (χ2n) is 5.89. The van der Waals surface area contributed by atoms with Gasteiger partial charge < -0.3 is 9.84 Å². The van der Waals surface area contributed by atoms with Crippen LogP contribution in [0.1, 0.15) is 57.6 Å². The number of hydrogen-bond donors (Lipinski definition) is 1. The molecule has 0 aromatic heterocycles. The standard InChI is InChI=1S/C16H24O3/c1-6-7-12(15(17)18)11-8-9-14(19-5)13(10-11)16(2,3)4/h8-10,12H,6-7H2,1-5H3,(H,17,18). The van der Waals surface area contributed by atoms with Crippen LogP contribution in [-0.4, -0.2) is 18.2 Å². The third-order valence-corrected chi connectivity index (χ3v) is 3.31. The topological polar surface area (TPSA) is 46.5 Å². The van der Waals surface area contributed by atoms with Gasteiger partial charge in [-0.15, -0.1) is 0 Å². The van der Waals surface area contributed by atoms with Crippen LogP contribution in [0, 0.1) is 0 Å². The molecule has 0 aliphatic carbocycles. The fourth-order valence-electron chi connectivity index (χ4n) is 2.25. The normalized spacial score (nSPS) is 13.1. The van der Waals surface area contributed by atoms with Crippen LogP contribution in [0.25, 0.3) is 0 Å². The molecule has 0 heterocycles. The summed E-state index contributed by atoms with van der Waals surface area (Å²) in [6.45, 7) is 8.31. The summed E-state index contributed by atoms with van der Waals surface area (Å²) in [4.78, 5) is 11.4. The Morgan fingerprint density at radius 3 is 2.42 bits per heavy atom. The summed E-state index contributed by atoms with van der Waals surface area (Å²) < 4.78 is 5.38. The minimum absolute atomic E-state index is 0.0728. The fourth-order valence-corrected chi connectivity index (χ4v) is 2.25. The van der Waals surface area contributed by atoms with Crippen LogP contribution in [0.2, 0.25) is 0 Å². The Morgan fingerprint density at radius 1 is 1.37 bits per heavy atom. The predicted octanol–water partition coefficient (Wildman–Crippen LogP) is 3.96. The molecule has 0 aliphatic heterocycles. The van der Waals surface area contributed by atoms with Gasteiger partial charge >= 0.3 is 5.97 Å². The number of carboxylic acid groups (broad SMARTS) is 1. The summed E-state index contributed by atoms with van der Waals surface area (Å²) in [5.41, 5.74) is 1.84. The fraction of sp³-hybridized carbons (Fsp3) is 0.562. The molecule has 106 valence electrons. The first-order valence-electron chi connectivity index (χ1n) is 6.72. The molecular weight excluding hydrogens is 240 g/mol. The average Bonchev–Trinajstić information content (AvgIpc) is 2.33. The lowest BCUT2D eigenvalue weighted by atomic mass is 9.83. The van der Waals surface area contributed by atoms with Crippen molar-refractivity contribution in [2.45, 2.75) is 51.9 Å². The van der Waals surface area contributed by atoms with Crippen LogP contribution in [0.15, 0.2) is 18.2 Å². The van der Waals surface area contributed by atoms with Crippen molar-refractivity contribution in [3.63, 3.8) is 0 Å². The van der Waals surface area contributed by atoms with E-state index in [9.17, 15) is 9.90 Å². The number of hydrogen-bond acceptors (Lipinski definition) is 2. The molecule has 1 atom stereocenters. The molecule has 1 aromatic carbocycles. The van der Waals surface area contributed by atoms with Crippen molar-refractivity contribution in [2.24, 2.45) is 0 Å². The summed E-state index contributed by atoms with van der Waals surface area (Å²) in [5.74, 6) is -0.374. The van der Waals surface area contributed by atoms with E-state index >= 15 is 0 Å². The van der Waals surface area contributed by atoms with E-state index in [1.165, 1.54) is 0 Å². The minimum Gasteiger partial charge on any atom is -0.496 e. The lowest BCUT2D eigenvalue weighted by molar-refractivity contribution is -0.139. The molecule has 1 unspecified atom stereocenters. The van der Waals surface area contributed by atoms with E-state index in [1.54, 1.807) is 7.11 Å². The number of methoxy groups -OCH3 is 1. The van der Waals surface area contributed by atoms with Crippen LogP contribution >= 0.6 is 0 Å².